The minimum absolute atomic E-state index is 0.133. The van der Waals surface area contributed by atoms with Gasteiger partial charge in [0.2, 0.25) is 0 Å². The van der Waals surface area contributed by atoms with Crippen molar-refractivity contribution < 1.29 is 23.8 Å². The maximum atomic E-state index is 12.8. The van der Waals surface area contributed by atoms with E-state index >= 15 is 0 Å². The predicted molar refractivity (Wildman–Crippen MR) is 120 cm³/mol. The van der Waals surface area contributed by atoms with Crippen LogP contribution in [0.25, 0.3) is 21.7 Å². The van der Waals surface area contributed by atoms with Gasteiger partial charge in [-0.05, 0) is 24.6 Å². The number of carbonyl (C=O) groups is 1. The maximum Gasteiger partial charge on any atom is 0.342 e. The Morgan fingerprint density at radius 3 is 2.59 bits per heavy atom. The van der Waals surface area contributed by atoms with Gasteiger partial charge >= 0.3 is 5.97 Å². The Bertz CT molecular complexity index is 1260. The van der Waals surface area contributed by atoms with Crippen molar-refractivity contribution in [2.24, 2.45) is 0 Å². The number of fused-ring (bicyclic) bond motifs is 3. The van der Waals surface area contributed by atoms with Gasteiger partial charge in [-0.25, -0.2) is 4.79 Å². The summed E-state index contributed by atoms with van der Waals surface area (Å²) in [6.07, 6.45) is 4.90. The first-order chi connectivity index (χ1) is 15.7. The molecule has 1 aliphatic heterocycles. The number of carbonyl (C=O) groups excluding carboxylic acids is 1. The van der Waals surface area contributed by atoms with Crippen LogP contribution in [0.4, 0.5) is 0 Å². The number of esters is 1. The first kappa shape index (κ1) is 20.5. The topological polar surface area (TPSA) is 85.0 Å². The Balaban J connectivity index is 1.86. The fourth-order valence-electron chi connectivity index (χ4n) is 4.54. The van der Waals surface area contributed by atoms with Crippen LogP contribution in [0, 0.1) is 0 Å². The highest BCUT2D eigenvalue weighted by atomic mass is 16.5. The van der Waals surface area contributed by atoms with Gasteiger partial charge in [-0.1, -0.05) is 24.3 Å². The van der Waals surface area contributed by atoms with E-state index in [-0.39, 0.29) is 18.4 Å². The minimum atomic E-state index is -0.474. The molecule has 0 aliphatic carbocycles. The molecule has 2 aromatic heterocycles. The van der Waals surface area contributed by atoms with Crippen LogP contribution in [0.1, 0.15) is 34.5 Å². The number of benzene rings is 2. The smallest absolute Gasteiger partial charge is 0.342 e. The fraction of sp³-hybridized carbons (Fsp3) is 0.280. The Morgan fingerprint density at radius 2 is 1.88 bits per heavy atom. The highest BCUT2D eigenvalue weighted by molar-refractivity contribution is 6.16. The lowest BCUT2D eigenvalue weighted by molar-refractivity contribution is 0.0238. The molecule has 1 fully saturated rings. The molecule has 0 amide bonds. The molecule has 0 saturated carbocycles. The summed E-state index contributed by atoms with van der Waals surface area (Å²) in [5.41, 5.74) is 2.46. The van der Waals surface area contributed by atoms with Crippen molar-refractivity contribution in [3.63, 3.8) is 0 Å². The van der Waals surface area contributed by atoms with E-state index in [1.54, 1.807) is 19.3 Å². The number of phenols is 1. The number of hydrogen-bond acceptors (Lipinski definition) is 7. The Labute approximate surface area is 185 Å². The predicted octanol–water partition coefficient (Wildman–Crippen LogP) is 4.28. The van der Waals surface area contributed by atoms with Crippen LogP contribution >= 0.6 is 0 Å². The summed E-state index contributed by atoms with van der Waals surface area (Å²) in [5.74, 6) is -0.342. The molecule has 1 N–H and O–H groups in total. The quantitative estimate of drug-likeness (QED) is 0.471. The number of rotatable bonds is 5. The average Bonchev–Trinajstić information content (AvgIpc) is 3.28. The van der Waals surface area contributed by atoms with E-state index in [0.717, 1.165) is 10.9 Å². The molecule has 0 radical (unpaired) electrons. The highest BCUT2D eigenvalue weighted by Crippen LogP contribution is 2.46. The molecule has 7 nitrogen and oxygen atoms in total. The molecule has 0 bridgehead atoms. The van der Waals surface area contributed by atoms with Crippen LogP contribution in [0.2, 0.25) is 0 Å². The van der Waals surface area contributed by atoms with Gasteiger partial charge in [0, 0.05) is 47.2 Å². The molecule has 1 aliphatic rings. The van der Waals surface area contributed by atoms with Crippen molar-refractivity contribution in [2.45, 2.75) is 13.0 Å². The van der Waals surface area contributed by atoms with E-state index < -0.39 is 5.97 Å². The second-order valence-electron chi connectivity index (χ2n) is 7.71. The molecule has 5 rings (SSSR count). The van der Waals surface area contributed by atoms with Crippen LogP contribution in [0.5, 0.6) is 5.75 Å². The normalized spacial score (nSPS) is 15.8. The zero-order valence-electron chi connectivity index (χ0n) is 17.8. The molecule has 1 unspecified atom stereocenters. The van der Waals surface area contributed by atoms with Crippen LogP contribution in [-0.2, 0) is 9.47 Å². The third kappa shape index (κ3) is 3.39. The summed E-state index contributed by atoms with van der Waals surface area (Å²) in [5, 5.41) is 13.6. The number of hydrogen-bond donors (Lipinski definition) is 1. The molecule has 7 heteroatoms. The van der Waals surface area contributed by atoms with Gasteiger partial charge < -0.3 is 19.0 Å². The summed E-state index contributed by atoms with van der Waals surface area (Å²) in [7, 11) is 0. The highest BCUT2D eigenvalue weighted by Gasteiger charge is 2.33. The third-order valence-electron chi connectivity index (χ3n) is 5.94. The first-order valence-corrected chi connectivity index (χ1v) is 10.7. The number of ether oxygens (including phenoxy) is 2. The summed E-state index contributed by atoms with van der Waals surface area (Å²) in [6, 6.07) is 11.1. The Hall–Kier alpha value is -3.42. The van der Waals surface area contributed by atoms with Gasteiger partial charge in [0.25, 0.3) is 0 Å². The average molecular weight is 432 g/mol. The number of nitrogens with zero attached hydrogens (tertiary/aromatic N) is 2. The van der Waals surface area contributed by atoms with Gasteiger partial charge in [0.1, 0.15) is 23.2 Å². The number of phenolic OH excluding ortho intramolecular Hbond substituents is 1. The number of aromatic hydroxyl groups is 1. The summed E-state index contributed by atoms with van der Waals surface area (Å²) in [4.78, 5) is 19.3. The van der Waals surface area contributed by atoms with Gasteiger partial charge in [-0.2, -0.15) is 0 Å². The second kappa shape index (κ2) is 8.61. The molecule has 0 spiro atoms. The van der Waals surface area contributed by atoms with E-state index in [1.807, 2.05) is 36.4 Å². The van der Waals surface area contributed by atoms with Crippen molar-refractivity contribution in [3.05, 3.63) is 71.7 Å². The molecule has 1 saturated heterocycles. The standard InChI is InChI=1S/C25H24N2O5/c1-2-31-25(29)19-15-32-24-18-6-4-3-5-17(18)23(28)21(20(19)24)22(16-7-9-26-10-8-16)27-11-13-30-14-12-27/h3-10,15,22,28H,2,11-14H2,1H3. The van der Waals surface area contributed by atoms with Crippen LogP contribution in [0.15, 0.2) is 59.5 Å². The summed E-state index contributed by atoms with van der Waals surface area (Å²) >= 11 is 0. The van der Waals surface area contributed by atoms with Gasteiger partial charge in [0.15, 0.2) is 0 Å². The number of morpholine rings is 1. The van der Waals surface area contributed by atoms with E-state index in [1.165, 1.54) is 6.26 Å². The van der Waals surface area contributed by atoms with E-state index in [4.69, 9.17) is 13.9 Å². The van der Waals surface area contributed by atoms with Gasteiger partial charge in [-0.15, -0.1) is 0 Å². The summed E-state index contributed by atoms with van der Waals surface area (Å²) in [6.45, 7) is 4.57. The SMILES string of the molecule is CCOC(=O)c1coc2c1c(C(c1ccncc1)N1CCOCC1)c(O)c1ccccc12. The summed E-state index contributed by atoms with van der Waals surface area (Å²) < 4.78 is 16.8. The molecule has 3 heterocycles. The molecule has 4 aromatic rings. The molecular weight excluding hydrogens is 408 g/mol. The first-order valence-electron chi connectivity index (χ1n) is 10.7. The van der Waals surface area contributed by atoms with E-state index in [9.17, 15) is 9.90 Å². The van der Waals surface area contributed by atoms with Gasteiger partial charge in [0.05, 0.1) is 25.9 Å². The van der Waals surface area contributed by atoms with Gasteiger partial charge in [-0.3, -0.25) is 9.88 Å². The molecule has 32 heavy (non-hydrogen) atoms. The number of pyridine rings is 1. The van der Waals surface area contributed by atoms with Crippen LogP contribution in [-0.4, -0.2) is 53.9 Å². The Morgan fingerprint density at radius 1 is 1.16 bits per heavy atom. The molecule has 164 valence electrons. The maximum absolute atomic E-state index is 12.8. The van der Waals surface area contributed by atoms with Crippen LogP contribution in [0.3, 0.4) is 0 Å². The van der Waals surface area contributed by atoms with Crippen molar-refractivity contribution in [3.8, 4) is 5.75 Å². The van der Waals surface area contributed by atoms with E-state index in [0.29, 0.717) is 53.8 Å². The minimum Gasteiger partial charge on any atom is -0.507 e. The van der Waals surface area contributed by atoms with Crippen molar-refractivity contribution >= 4 is 27.7 Å². The fourth-order valence-corrected chi connectivity index (χ4v) is 4.54. The largest absolute Gasteiger partial charge is 0.507 e. The third-order valence-corrected chi connectivity index (χ3v) is 5.94. The van der Waals surface area contributed by atoms with Crippen molar-refractivity contribution in [1.29, 1.82) is 0 Å². The van der Waals surface area contributed by atoms with E-state index in [2.05, 4.69) is 9.88 Å². The van der Waals surface area contributed by atoms with Crippen LogP contribution < -0.4 is 0 Å². The van der Waals surface area contributed by atoms with Crippen molar-refractivity contribution in [1.82, 2.24) is 9.88 Å². The lowest BCUT2D eigenvalue weighted by Crippen LogP contribution is -2.39. The number of furan rings is 1. The second-order valence-corrected chi connectivity index (χ2v) is 7.71. The molecule has 1 atom stereocenters. The zero-order chi connectivity index (χ0) is 22.1. The zero-order valence-corrected chi connectivity index (χ0v) is 17.8. The monoisotopic (exact) mass is 432 g/mol. The Kier molecular flexibility index (Phi) is 5.51. The lowest BCUT2D eigenvalue weighted by Gasteiger charge is -2.36. The molecular formula is C25H24N2O5. The van der Waals surface area contributed by atoms with Crippen molar-refractivity contribution in [2.75, 3.05) is 32.9 Å². The lowest BCUT2D eigenvalue weighted by atomic mass is 9.89. The number of aromatic nitrogens is 1. The molecule has 2 aromatic carbocycles.